The minimum absolute atomic E-state index is 0.0929. The predicted molar refractivity (Wildman–Crippen MR) is 109 cm³/mol. The molecule has 2 nitrogen and oxygen atoms in total. The van der Waals surface area contributed by atoms with Crippen molar-refractivity contribution in [3.63, 3.8) is 0 Å². The minimum atomic E-state index is -2.18. The van der Waals surface area contributed by atoms with Gasteiger partial charge in [-0.3, -0.25) is 4.79 Å². The topological polar surface area (TPSA) is 37.3 Å². The number of benzene rings is 3. The number of hydrogen-bond donors (Lipinski definition) is 1. The Labute approximate surface area is 180 Å². The molecule has 0 aromatic heterocycles. The molecule has 8 heteroatoms. The lowest BCUT2D eigenvalue weighted by Crippen LogP contribution is -2.03. The summed E-state index contributed by atoms with van der Waals surface area (Å²) in [5.41, 5.74) is 0.755. The van der Waals surface area contributed by atoms with E-state index >= 15 is 0 Å². The van der Waals surface area contributed by atoms with Crippen LogP contribution in [0.2, 0.25) is 0 Å². The smallest absolute Gasteiger partial charge is 0.303 e. The summed E-state index contributed by atoms with van der Waals surface area (Å²) >= 11 is 0.517. The summed E-state index contributed by atoms with van der Waals surface area (Å²) in [4.78, 5) is 10.1. The van der Waals surface area contributed by atoms with Crippen molar-refractivity contribution in [1.29, 1.82) is 0 Å². The Morgan fingerprint density at radius 3 is 2.06 bits per heavy atom. The second kappa shape index (κ2) is 10.1. The average molecular weight is 454 g/mol. The molecule has 0 saturated carbocycles. The van der Waals surface area contributed by atoms with Crippen LogP contribution in [0.4, 0.5) is 22.0 Å². The van der Waals surface area contributed by atoms with Gasteiger partial charge in [0.1, 0.15) is 0 Å². The first-order valence-corrected chi connectivity index (χ1v) is 10.5. The molecule has 0 spiro atoms. The molecular weight excluding hydrogens is 435 g/mol. The highest BCUT2D eigenvalue weighted by Crippen LogP contribution is 2.39. The van der Waals surface area contributed by atoms with E-state index in [1.807, 2.05) is 24.3 Å². The normalized spacial score (nSPS) is 11.3. The van der Waals surface area contributed by atoms with Crippen LogP contribution in [0.25, 0.3) is 10.8 Å². The first-order valence-electron chi connectivity index (χ1n) is 9.73. The molecule has 0 aliphatic heterocycles. The third kappa shape index (κ3) is 5.18. The number of fused-ring (bicyclic) bond motifs is 1. The van der Waals surface area contributed by atoms with Gasteiger partial charge < -0.3 is 5.11 Å². The molecule has 3 rings (SSSR count). The molecule has 3 aromatic rings. The first kappa shape index (κ1) is 23.1. The number of hydrogen-bond acceptors (Lipinski definition) is 2. The number of carbonyl (C=O) groups is 1. The molecule has 0 fully saturated rings. The van der Waals surface area contributed by atoms with Crippen LogP contribution in [0.1, 0.15) is 37.7 Å². The van der Waals surface area contributed by atoms with Gasteiger partial charge in [-0.15, -0.1) is 0 Å². The summed E-state index contributed by atoms with van der Waals surface area (Å²) in [7, 11) is 0. The number of halogens is 5. The molecule has 0 unspecified atom stereocenters. The second-order valence-corrected chi connectivity index (χ2v) is 8.12. The minimum Gasteiger partial charge on any atom is -0.481 e. The molecule has 3 aromatic carbocycles. The van der Waals surface area contributed by atoms with E-state index in [1.165, 1.54) is 0 Å². The number of rotatable bonds is 9. The maximum Gasteiger partial charge on any atom is 0.303 e. The van der Waals surface area contributed by atoms with Crippen LogP contribution in [0.3, 0.4) is 0 Å². The number of aliphatic carboxylic acids is 1. The molecule has 0 aliphatic carbocycles. The highest BCUT2D eigenvalue weighted by atomic mass is 32.2. The zero-order valence-electron chi connectivity index (χ0n) is 16.4. The van der Waals surface area contributed by atoms with E-state index in [0.717, 1.165) is 29.2 Å². The van der Waals surface area contributed by atoms with Gasteiger partial charge in [-0.1, -0.05) is 54.9 Å². The van der Waals surface area contributed by atoms with Crippen LogP contribution in [0.5, 0.6) is 0 Å². The van der Waals surface area contributed by atoms with Crippen LogP contribution >= 0.6 is 11.8 Å². The van der Waals surface area contributed by atoms with Crippen LogP contribution in [0.15, 0.2) is 46.2 Å². The van der Waals surface area contributed by atoms with Gasteiger partial charge in [-0.25, -0.2) is 22.0 Å². The Bertz CT molecular complexity index is 1090. The lowest BCUT2D eigenvalue weighted by molar-refractivity contribution is -0.137. The predicted octanol–water partition coefficient (Wildman–Crippen LogP) is 7.26. The van der Waals surface area contributed by atoms with E-state index in [0.29, 0.717) is 35.9 Å². The molecule has 0 radical (unpaired) electrons. The number of carboxylic acids is 1. The van der Waals surface area contributed by atoms with Crippen molar-refractivity contribution in [1.82, 2.24) is 0 Å². The zero-order chi connectivity index (χ0) is 22.5. The molecular formula is C23H19F5O2S. The summed E-state index contributed by atoms with van der Waals surface area (Å²) in [5, 5.41) is 10.4. The lowest BCUT2D eigenvalue weighted by Gasteiger charge is -2.14. The Morgan fingerprint density at radius 2 is 1.39 bits per heavy atom. The van der Waals surface area contributed by atoms with Crippen LogP contribution in [-0.2, 0) is 11.2 Å². The molecule has 0 atom stereocenters. The fourth-order valence-corrected chi connectivity index (χ4v) is 4.43. The van der Waals surface area contributed by atoms with Gasteiger partial charge in [-0.2, -0.15) is 0 Å². The SMILES string of the molecule is O=C(O)CCCCCCc1c(Sc2c(F)c(F)c(F)c(F)c2F)ccc2ccccc12. The highest BCUT2D eigenvalue weighted by molar-refractivity contribution is 7.99. The fraction of sp³-hybridized carbons (Fsp3) is 0.261. The standard InChI is InChI=1S/C23H19F5O2S/c24-18-19(25)21(27)23(22(28)20(18)26)31-16-12-11-13-7-5-6-8-14(13)15(16)9-3-1-2-4-10-17(29)30/h5-8,11-12H,1-4,9-10H2,(H,29,30). The number of carboxylic acid groups (broad SMARTS) is 1. The van der Waals surface area contributed by atoms with Crippen molar-refractivity contribution in [2.75, 3.05) is 0 Å². The van der Waals surface area contributed by atoms with Crippen molar-refractivity contribution in [3.05, 3.63) is 71.0 Å². The molecule has 0 amide bonds. The molecule has 164 valence electrons. The number of unbranched alkanes of at least 4 members (excludes halogenated alkanes) is 3. The van der Waals surface area contributed by atoms with Crippen LogP contribution in [-0.4, -0.2) is 11.1 Å². The monoisotopic (exact) mass is 454 g/mol. The molecule has 0 aliphatic rings. The van der Waals surface area contributed by atoms with Crippen LogP contribution < -0.4 is 0 Å². The molecule has 1 N–H and O–H groups in total. The van der Waals surface area contributed by atoms with E-state index in [-0.39, 0.29) is 6.42 Å². The fourth-order valence-electron chi connectivity index (χ4n) is 3.39. The summed E-state index contributed by atoms with van der Waals surface area (Å²) in [6, 6.07) is 10.7. The van der Waals surface area contributed by atoms with Crippen molar-refractivity contribution in [3.8, 4) is 0 Å². The maximum atomic E-state index is 14.2. The van der Waals surface area contributed by atoms with Crippen molar-refractivity contribution in [2.45, 2.75) is 48.3 Å². The number of aryl methyl sites for hydroxylation is 1. The first-order chi connectivity index (χ1) is 14.8. The summed E-state index contributed by atoms with van der Waals surface area (Å²) in [6.07, 6.45) is 3.33. The largest absolute Gasteiger partial charge is 0.481 e. The summed E-state index contributed by atoms with van der Waals surface area (Å²) in [5.74, 6) is -10.7. The summed E-state index contributed by atoms with van der Waals surface area (Å²) in [6.45, 7) is 0. The lowest BCUT2D eigenvalue weighted by atomic mass is 9.99. The quantitative estimate of drug-likeness (QED) is 0.160. The van der Waals surface area contributed by atoms with E-state index in [4.69, 9.17) is 5.11 Å². The molecule has 0 saturated heterocycles. The van der Waals surface area contributed by atoms with Gasteiger partial charge in [0.25, 0.3) is 0 Å². The van der Waals surface area contributed by atoms with E-state index < -0.39 is 40.0 Å². The van der Waals surface area contributed by atoms with E-state index in [2.05, 4.69) is 0 Å². The van der Waals surface area contributed by atoms with Gasteiger partial charge in [-0.05, 0) is 41.7 Å². The Kier molecular flexibility index (Phi) is 7.54. The molecule has 0 heterocycles. The third-order valence-electron chi connectivity index (χ3n) is 4.95. The van der Waals surface area contributed by atoms with Gasteiger partial charge >= 0.3 is 5.97 Å². The van der Waals surface area contributed by atoms with Gasteiger partial charge in [0.05, 0.1) is 4.90 Å². The van der Waals surface area contributed by atoms with Gasteiger partial charge in [0.2, 0.25) is 5.82 Å². The summed E-state index contributed by atoms with van der Waals surface area (Å²) < 4.78 is 69.0. The van der Waals surface area contributed by atoms with Gasteiger partial charge in [0, 0.05) is 11.3 Å². The van der Waals surface area contributed by atoms with E-state index in [1.54, 1.807) is 12.1 Å². The van der Waals surface area contributed by atoms with Crippen molar-refractivity contribution < 1.29 is 31.9 Å². The van der Waals surface area contributed by atoms with Crippen molar-refractivity contribution in [2.24, 2.45) is 0 Å². The maximum absolute atomic E-state index is 14.2. The highest BCUT2D eigenvalue weighted by Gasteiger charge is 2.27. The average Bonchev–Trinajstić information content (AvgIpc) is 2.76. The van der Waals surface area contributed by atoms with E-state index in [9.17, 15) is 26.7 Å². The van der Waals surface area contributed by atoms with Crippen LogP contribution in [0, 0.1) is 29.1 Å². The Balaban J connectivity index is 1.91. The van der Waals surface area contributed by atoms with Gasteiger partial charge in [0.15, 0.2) is 23.3 Å². The Hall–Kier alpha value is -2.61. The van der Waals surface area contributed by atoms with Crippen molar-refractivity contribution >= 4 is 28.5 Å². The third-order valence-corrected chi connectivity index (χ3v) is 6.11. The zero-order valence-corrected chi connectivity index (χ0v) is 17.2. The molecule has 31 heavy (non-hydrogen) atoms. The Morgan fingerprint density at radius 1 is 0.774 bits per heavy atom. The molecule has 0 bridgehead atoms. The second-order valence-electron chi connectivity index (χ2n) is 7.07.